The van der Waals surface area contributed by atoms with Gasteiger partial charge >= 0.3 is 0 Å². The number of anilines is 2. The average Bonchev–Trinajstić information content (AvgIpc) is 3.94. The summed E-state index contributed by atoms with van der Waals surface area (Å²) in [6.07, 6.45) is 4.09. The lowest BCUT2D eigenvalue weighted by Crippen LogP contribution is -2.53. The lowest BCUT2D eigenvalue weighted by Gasteiger charge is -2.43. The number of carbonyl (C=O) groups excluding carboxylic acids is 5. The number of rotatable bonds is 9. The summed E-state index contributed by atoms with van der Waals surface area (Å²) in [5, 5.41) is 17.8. The van der Waals surface area contributed by atoms with Gasteiger partial charge in [0.05, 0.1) is 0 Å². The first-order valence-electron chi connectivity index (χ1n) is 19.7. The highest BCUT2D eigenvalue weighted by Crippen LogP contribution is 2.38. The molecule has 0 spiro atoms. The summed E-state index contributed by atoms with van der Waals surface area (Å²) in [7, 11) is 0. The van der Waals surface area contributed by atoms with E-state index in [0.29, 0.717) is 35.3 Å². The number of phenols is 1. The second-order valence-electron chi connectivity index (χ2n) is 15.6. The summed E-state index contributed by atoms with van der Waals surface area (Å²) < 4.78 is 14.4. The van der Waals surface area contributed by atoms with E-state index in [0.717, 1.165) is 93.2 Å². The number of fused-ring (bicyclic) bond motifs is 2. The van der Waals surface area contributed by atoms with Crippen LogP contribution in [0.4, 0.5) is 15.2 Å². The summed E-state index contributed by atoms with van der Waals surface area (Å²) >= 11 is 1.22. The first-order chi connectivity index (χ1) is 28.1. The van der Waals surface area contributed by atoms with E-state index in [1.165, 1.54) is 22.3 Å². The number of nitrogens with one attached hydrogen (secondary N) is 2. The average molecular weight is 807 g/mol. The van der Waals surface area contributed by atoms with Crippen molar-refractivity contribution in [3.05, 3.63) is 105 Å². The number of hydrogen-bond acceptors (Lipinski definition) is 11. The van der Waals surface area contributed by atoms with Gasteiger partial charge < -0.3 is 19.8 Å². The molecule has 3 N–H and O–H groups in total. The van der Waals surface area contributed by atoms with Gasteiger partial charge in [0.25, 0.3) is 17.7 Å². The van der Waals surface area contributed by atoms with Crippen LogP contribution in [0.3, 0.4) is 0 Å². The second-order valence-corrected chi connectivity index (χ2v) is 16.5. The van der Waals surface area contributed by atoms with E-state index in [4.69, 9.17) is 0 Å². The van der Waals surface area contributed by atoms with Crippen LogP contribution >= 0.6 is 11.3 Å². The molecule has 0 saturated carbocycles. The molecule has 0 radical (unpaired) electrons. The number of amides is 5. The van der Waals surface area contributed by atoms with Crippen LogP contribution in [0.25, 0.3) is 0 Å². The largest absolute Gasteiger partial charge is 0.508 e. The van der Waals surface area contributed by atoms with Crippen molar-refractivity contribution in [3.8, 4) is 5.75 Å². The summed E-state index contributed by atoms with van der Waals surface area (Å²) in [5.74, 6) is -2.73. The molecule has 3 aromatic carbocycles. The Balaban J connectivity index is 0.790. The zero-order chi connectivity index (χ0) is 40.1. The number of benzene rings is 3. The Bertz CT molecular complexity index is 2290. The van der Waals surface area contributed by atoms with Gasteiger partial charge in [0.15, 0.2) is 5.13 Å². The third-order valence-corrected chi connectivity index (χ3v) is 12.9. The van der Waals surface area contributed by atoms with Crippen molar-refractivity contribution < 1.29 is 33.5 Å². The Kier molecular flexibility index (Phi) is 10.2. The van der Waals surface area contributed by atoms with Crippen LogP contribution in [0.2, 0.25) is 0 Å². The zero-order valence-electron chi connectivity index (χ0n) is 31.7. The summed E-state index contributed by atoms with van der Waals surface area (Å²) in [5.41, 5.74) is 4.86. The summed E-state index contributed by atoms with van der Waals surface area (Å²) in [6.45, 7) is 6.72. The molecule has 3 fully saturated rings. The molecule has 1 aromatic heterocycles. The number of aromatic hydroxyl groups is 1. The van der Waals surface area contributed by atoms with Crippen LogP contribution < -0.4 is 15.5 Å². The first kappa shape index (κ1) is 37.8. The normalized spacial score (nSPS) is 21.0. The van der Waals surface area contributed by atoms with Gasteiger partial charge in [-0.2, -0.15) is 0 Å². The van der Waals surface area contributed by atoms with Gasteiger partial charge in [0, 0.05) is 105 Å². The molecule has 14 nitrogen and oxygen atoms in total. The third kappa shape index (κ3) is 7.31. The van der Waals surface area contributed by atoms with Gasteiger partial charge in [-0.1, -0.05) is 18.2 Å². The number of hydrogen-bond donors (Lipinski definition) is 3. The van der Waals surface area contributed by atoms with Crippen molar-refractivity contribution in [2.24, 2.45) is 0 Å². The Morgan fingerprint density at radius 1 is 0.897 bits per heavy atom. The maximum absolute atomic E-state index is 14.4. The molecule has 5 aliphatic rings. The fourth-order valence-corrected chi connectivity index (χ4v) is 9.66. The molecule has 5 amide bonds. The Morgan fingerprint density at radius 2 is 1.71 bits per heavy atom. The lowest BCUT2D eigenvalue weighted by molar-refractivity contribution is -0.137. The van der Waals surface area contributed by atoms with Crippen molar-refractivity contribution in [2.75, 3.05) is 49.5 Å². The molecule has 9 rings (SSSR count). The van der Waals surface area contributed by atoms with Crippen molar-refractivity contribution in [1.29, 1.82) is 0 Å². The summed E-state index contributed by atoms with van der Waals surface area (Å²) in [6, 6.07) is 13.7. The topological polar surface area (TPSA) is 159 Å². The SMILES string of the molecule is O=C1CCC(N2Cc3cc(CN4CCN(C5CCN(c6ccc7c(c6)C(=O)N(C(C(=O)Nc6nccs6)c6cc(F)ccc6O)C7)CC5)CC4)ccc3C2=O)C(=O)N1. The van der Waals surface area contributed by atoms with Gasteiger partial charge in [-0.25, -0.2) is 9.37 Å². The molecule has 3 saturated heterocycles. The maximum atomic E-state index is 14.4. The number of aromatic nitrogens is 1. The number of piperidine rings is 2. The van der Waals surface area contributed by atoms with E-state index in [9.17, 15) is 33.5 Å². The molecule has 2 unspecified atom stereocenters. The number of nitrogens with zero attached hydrogens (tertiary/aromatic N) is 6. The molecular formula is C42H43FN8O6S. The van der Waals surface area contributed by atoms with E-state index in [1.807, 2.05) is 30.3 Å². The van der Waals surface area contributed by atoms with E-state index in [-0.39, 0.29) is 42.0 Å². The molecule has 2 atom stereocenters. The zero-order valence-corrected chi connectivity index (χ0v) is 32.5. The molecule has 16 heteroatoms. The maximum Gasteiger partial charge on any atom is 0.255 e. The number of piperazine rings is 1. The van der Waals surface area contributed by atoms with E-state index in [1.54, 1.807) is 16.5 Å². The smallest absolute Gasteiger partial charge is 0.255 e. The van der Waals surface area contributed by atoms with Gasteiger partial charge in [-0.05, 0) is 72.4 Å². The Hall–Kier alpha value is -5.71. The van der Waals surface area contributed by atoms with Crippen molar-refractivity contribution in [2.45, 2.75) is 63.4 Å². The first-order valence-corrected chi connectivity index (χ1v) is 20.6. The fraction of sp³-hybridized carbons (Fsp3) is 0.381. The Labute approximate surface area is 338 Å². The highest BCUT2D eigenvalue weighted by atomic mass is 32.1. The van der Waals surface area contributed by atoms with Crippen molar-refractivity contribution in [3.63, 3.8) is 0 Å². The predicted molar refractivity (Wildman–Crippen MR) is 212 cm³/mol. The Morgan fingerprint density at radius 3 is 2.47 bits per heavy atom. The van der Waals surface area contributed by atoms with Crippen LogP contribution in [0.1, 0.15) is 74.7 Å². The van der Waals surface area contributed by atoms with Crippen LogP contribution in [0.5, 0.6) is 5.75 Å². The lowest BCUT2D eigenvalue weighted by atomic mass is 10.0. The minimum atomic E-state index is -1.28. The van der Waals surface area contributed by atoms with Gasteiger partial charge in [0.2, 0.25) is 11.8 Å². The standard InChI is InChI=1S/C42H43FN8O6S/c43-28-3-7-35(52)33(20-28)37(39(55)46-42-44-11-18-58-42)51-23-26-2-4-30(21-32(26)41(51)57)48-12-9-29(10-13-48)49-16-14-47(15-17-49)22-25-1-5-31-27(19-25)24-50(40(31)56)34-6-8-36(53)45-38(34)54/h1-5,7,11,18-21,29,34,37,52H,6,8-10,12-17,22-24H2,(H,44,46,55)(H,45,53,54). The van der Waals surface area contributed by atoms with Gasteiger partial charge in [-0.3, -0.25) is 44.4 Å². The van der Waals surface area contributed by atoms with E-state index in [2.05, 4.69) is 36.4 Å². The van der Waals surface area contributed by atoms with Crippen molar-refractivity contribution in [1.82, 2.24) is 29.9 Å². The van der Waals surface area contributed by atoms with Crippen LogP contribution in [0.15, 0.2) is 66.2 Å². The number of thiazole rings is 1. The molecule has 58 heavy (non-hydrogen) atoms. The number of carbonyl (C=O) groups is 5. The number of phenolic OH excluding ortho intramolecular Hbond substituents is 1. The number of imide groups is 1. The van der Waals surface area contributed by atoms with E-state index >= 15 is 0 Å². The number of halogens is 1. The molecule has 5 aliphatic heterocycles. The summed E-state index contributed by atoms with van der Waals surface area (Å²) in [4.78, 5) is 79.2. The third-order valence-electron chi connectivity index (χ3n) is 12.2. The molecule has 0 aliphatic carbocycles. The predicted octanol–water partition coefficient (Wildman–Crippen LogP) is 3.87. The monoisotopic (exact) mass is 806 g/mol. The van der Waals surface area contributed by atoms with Crippen molar-refractivity contribution >= 4 is 51.7 Å². The molecular weight excluding hydrogens is 764 g/mol. The molecule has 4 aromatic rings. The molecule has 6 heterocycles. The quantitative estimate of drug-likeness (QED) is 0.212. The highest BCUT2D eigenvalue weighted by molar-refractivity contribution is 7.13. The van der Waals surface area contributed by atoms with Gasteiger partial charge in [-0.15, -0.1) is 11.3 Å². The van der Waals surface area contributed by atoms with E-state index < -0.39 is 29.7 Å². The molecule has 300 valence electrons. The van der Waals surface area contributed by atoms with Crippen LogP contribution in [-0.2, 0) is 34.0 Å². The van der Waals surface area contributed by atoms with Gasteiger partial charge in [0.1, 0.15) is 23.7 Å². The van der Waals surface area contributed by atoms with Crippen LogP contribution in [-0.4, -0.2) is 111 Å². The minimum absolute atomic E-state index is 0.000601. The minimum Gasteiger partial charge on any atom is -0.508 e. The molecule has 0 bridgehead atoms. The second kappa shape index (κ2) is 15.6. The highest BCUT2D eigenvalue weighted by Gasteiger charge is 2.41. The fourth-order valence-electron chi connectivity index (χ4n) is 9.13. The van der Waals surface area contributed by atoms with Crippen LogP contribution in [0, 0.1) is 5.82 Å².